The molecule has 2 nitrogen and oxygen atoms in total. The molecule has 0 fully saturated rings. The smallest absolute Gasteiger partial charge is 0.316 e. The Morgan fingerprint density at radius 1 is 1.10 bits per heavy atom. The van der Waals surface area contributed by atoms with E-state index >= 15 is 0 Å². The molecule has 0 aliphatic rings. The van der Waals surface area contributed by atoms with Crippen LogP contribution in [0, 0.1) is 0 Å². The minimum Gasteiger partial charge on any atom is -0.481 e. The van der Waals surface area contributed by atoms with Crippen LogP contribution in [0.3, 0.4) is 0 Å². The van der Waals surface area contributed by atoms with Crippen molar-refractivity contribution in [3.63, 3.8) is 0 Å². The Bertz CT molecular complexity index is 44.2. The molecule has 0 spiro atoms. The summed E-state index contributed by atoms with van der Waals surface area (Å²) in [6.45, 7) is 1.08. The minimum atomic E-state index is -0.833. The van der Waals surface area contributed by atoms with Crippen molar-refractivity contribution < 1.29 is 36.1 Å². The number of carboxylic acid groups (broad SMARTS) is 1. The van der Waals surface area contributed by atoms with E-state index in [9.17, 15) is 0 Å². The first kappa shape index (κ1) is 56.1. The molecular weight excluding hydrogens is 313 g/mol. The van der Waals surface area contributed by atoms with Gasteiger partial charge in [0.1, 0.15) is 0 Å². The molecule has 0 aromatic carbocycles. The maximum Gasteiger partial charge on any atom is 0.316 e. The number of hydrogen-bond acceptors (Lipinski definition) is 1. The first-order valence-electron chi connectivity index (χ1n) is 0.928. The second-order valence-corrected chi connectivity index (χ2v) is 0.519. The van der Waals surface area contributed by atoms with Crippen LogP contribution in [0.25, 0.3) is 0 Å². The maximum atomic E-state index is 9.00. The van der Waals surface area contributed by atoms with Gasteiger partial charge in [-0.2, -0.15) is 0 Å². The maximum absolute atomic E-state index is 9.00. The number of rotatable bonds is 0. The van der Waals surface area contributed by atoms with Crippen molar-refractivity contribution in [3.05, 3.63) is 0 Å². The summed E-state index contributed by atoms with van der Waals surface area (Å²) < 4.78 is 0. The van der Waals surface area contributed by atoms with Crippen molar-refractivity contribution in [2.75, 3.05) is 0 Å². The van der Waals surface area contributed by atoms with Gasteiger partial charge in [0, 0.05) is 33.1 Å². The van der Waals surface area contributed by atoms with Gasteiger partial charge in [0.05, 0.1) is 0 Å². The van der Waals surface area contributed by atoms with Crippen molar-refractivity contribution in [1.29, 1.82) is 0 Å². The molecule has 0 saturated carbocycles. The van der Waals surface area contributed by atoms with Crippen LogP contribution in [0.1, 0.15) is 6.92 Å². The van der Waals surface area contributed by atoms with Gasteiger partial charge >= 0.3 is 23.1 Å². The van der Waals surface area contributed by atoms with Crippen LogP contribution in [0.2, 0.25) is 0 Å². The summed E-state index contributed by atoms with van der Waals surface area (Å²) in [6.07, 6.45) is 0. The number of halogens is 4. The molecule has 0 radical (unpaired) electrons. The first-order valence-corrected chi connectivity index (χ1v) is 0.928. The van der Waals surface area contributed by atoms with E-state index in [0.717, 1.165) is 6.92 Å². The van der Waals surface area contributed by atoms with Crippen molar-refractivity contribution in [3.8, 4) is 0 Å². The Balaban J connectivity index is -0.00000000300. The molecule has 0 aromatic rings. The standard InChI is InChI=1S/C2H4O2.4ClH.Mg.Zr.2H/c1-2(3)4;;;;;;;;/h1H3,(H,3,4);4*1H;;;;. The van der Waals surface area contributed by atoms with Crippen LogP contribution in [0.15, 0.2) is 0 Å². The first-order chi connectivity index (χ1) is 1.73. The quantitative estimate of drug-likeness (QED) is 0.672. The van der Waals surface area contributed by atoms with E-state index in [1.54, 1.807) is 0 Å². The number of hydrogen-bond donors (Lipinski definition) is 1. The molecule has 0 aromatic heterocycles. The second-order valence-electron chi connectivity index (χ2n) is 0.519. The molecule has 8 heteroatoms. The summed E-state index contributed by atoms with van der Waals surface area (Å²) in [4.78, 5) is 9.00. The monoisotopic (exact) mass is 320 g/mol. The molecule has 0 rings (SSSR count). The van der Waals surface area contributed by atoms with E-state index in [2.05, 4.69) is 0 Å². The fourth-order valence-electron chi connectivity index (χ4n) is 0. The van der Waals surface area contributed by atoms with Gasteiger partial charge in [0.2, 0.25) is 0 Å². The Morgan fingerprint density at radius 3 is 1.10 bits per heavy atom. The van der Waals surface area contributed by atoms with E-state index in [1.807, 2.05) is 0 Å². The largest absolute Gasteiger partial charge is 0.481 e. The number of carboxylic acids is 1. The molecular formula is C2H10Cl4MgO2Zr. The Morgan fingerprint density at radius 2 is 1.10 bits per heavy atom. The van der Waals surface area contributed by atoms with Gasteiger partial charge in [0.25, 0.3) is 5.97 Å². The third-order valence-corrected chi connectivity index (χ3v) is 0. The normalized spacial score (nSPS) is 2.50. The predicted octanol–water partition coefficient (Wildman–Crippen LogP) is 0.859. The van der Waals surface area contributed by atoms with Crippen molar-refractivity contribution in [2.45, 2.75) is 6.92 Å². The summed E-state index contributed by atoms with van der Waals surface area (Å²) in [6, 6.07) is 0. The molecule has 0 atom stereocenters. The average molecular weight is 323 g/mol. The fourth-order valence-corrected chi connectivity index (χ4v) is 0. The van der Waals surface area contributed by atoms with E-state index in [-0.39, 0.29) is 98.9 Å². The van der Waals surface area contributed by atoms with Crippen LogP contribution in [-0.2, 0) is 31.0 Å². The third-order valence-electron chi connectivity index (χ3n) is 0. The summed E-state index contributed by atoms with van der Waals surface area (Å²) >= 11 is 0. The van der Waals surface area contributed by atoms with Crippen LogP contribution in [-0.4, -0.2) is 34.1 Å². The summed E-state index contributed by atoms with van der Waals surface area (Å²) in [5.74, 6) is -0.833. The molecule has 0 bridgehead atoms. The Labute approximate surface area is 120 Å². The van der Waals surface area contributed by atoms with Crippen LogP contribution >= 0.6 is 49.6 Å². The molecule has 10 heavy (non-hydrogen) atoms. The molecule has 0 amide bonds. The van der Waals surface area contributed by atoms with E-state index < -0.39 is 5.97 Å². The van der Waals surface area contributed by atoms with Gasteiger partial charge in [-0.3, -0.25) is 4.79 Å². The zero-order chi connectivity index (χ0) is 3.58. The third kappa shape index (κ3) is 170. The van der Waals surface area contributed by atoms with E-state index in [1.165, 1.54) is 0 Å². The molecule has 0 unspecified atom stereocenters. The molecule has 1 N–H and O–H groups in total. The van der Waals surface area contributed by atoms with Crippen LogP contribution in [0.4, 0.5) is 0 Å². The van der Waals surface area contributed by atoms with E-state index in [0.29, 0.717) is 0 Å². The van der Waals surface area contributed by atoms with Gasteiger partial charge in [-0.05, 0) is 0 Å². The fraction of sp³-hybridized carbons (Fsp3) is 0.500. The van der Waals surface area contributed by atoms with Crippen molar-refractivity contribution in [2.24, 2.45) is 0 Å². The molecule has 0 aliphatic heterocycles. The van der Waals surface area contributed by atoms with Gasteiger partial charge in [-0.1, -0.05) is 0 Å². The summed E-state index contributed by atoms with van der Waals surface area (Å²) in [5.41, 5.74) is 0. The number of aliphatic carboxylic acids is 1. The van der Waals surface area contributed by atoms with Gasteiger partial charge in [-0.25, -0.2) is 0 Å². The van der Waals surface area contributed by atoms with Crippen LogP contribution in [0.5, 0.6) is 0 Å². The zero-order valence-corrected chi connectivity index (χ0v) is 10.2. The molecule has 0 heterocycles. The van der Waals surface area contributed by atoms with Gasteiger partial charge < -0.3 is 5.11 Å². The zero-order valence-electron chi connectivity index (χ0n) is 4.49. The van der Waals surface area contributed by atoms with Crippen LogP contribution < -0.4 is 0 Å². The summed E-state index contributed by atoms with van der Waals surface area (Å²) in [7, 11) is 0. The molecule has 0 aliphatic carbocycles. The topological polar surface area (TPSA) is 37.3 Å². The van der Waals surface area contributed by atoms with Gasteiger partial charge in [0.15, 0.2) is 0 Å². The summed E-state index contributed by atoms with van der Waals surface area (Å²) in [5, 5.41) is 7.42. The van der Waals surface area contributed by atoms with Crippen molar-refractivity contribution >= 4 is 78.7 Å². The average Bonchev–Trinajstić information content (AvgIpc) is 0.811. The SMILES string of the molecule is CC(=O)O.Cl.Cl.Cl.Cl.[MgH2].[Zr]. The predicted molar refractivity (Wildman–Crippen MR) is 50.8 cm³/mol. The van der Waals surface area contributed by atoms with Crippen molar-refractivity contribution in [1.82, 2.24) is 0 Å². The Kier molecular flexibility index (Phi) is 240. The number of carbonyl (C=O) groups is 1. The molecule has 64 valence electrons. The van der Waals surface area contributed by atoms with E-state index in [4.69, 9.17) is 9.90 Å². The molecule has 0 saturated heterocycles. The minimum absolute atomic E-state index is 0. The second kappa shape index (κ2) is 42.8. The van der Waals surface area contributed by atoms with Gasteiger partial charge in [-0.15, -0.1) is 49.6 Å². The Hall–Kier alpha value is 2.28.